The Morgan fingerprint density at radius 1 is 1.38 bits per heavy atom. The van der Waals surface area contributed by atoms with Crippen molar-refractivity contribution in [1.82, 2.24) is 5.32 Å². The van der Waals surface area contributed by atoms with Crippen molar-refractivity contribution in [3.63, 3.8) is 0 Å². The van der Waals surface area contributed by atoms with Crippen LogP contribution < -0.4 is 5.32 Å². The third-order valence-electron chi connectivity index (χ3n) is 3.35. The van der Waals surface area contributed by atoms with E-state index >= 15 is 0 Å². The molecule has 0 bridgehead atoms. The normalized spacial score (nSPS) is 12.0. The molecule has 116 valence electrons. The number of hydrogen-bond donors (Lipinski definition) is 2. The van der Waals surface area contributed by atoms with Crippen molar-refractivity contribution in [2.45, 2.75) is 32.6 Å². The minimum Gasteiger partial charge on any atom is -0.481 e. The van der Waals surface area contributed by atoms with Crippen LogP contribution in [0.4, 0.5) is 4.39 Å². The van der Waals surface area contributed by atoms with Crippen LogP contribution in [0.2, 0.25) is 0 Å². The molecule has 1 atom stereocenters. The van der Waals surface area contributed by atoms with Crippen LogP contribution in [-0.4, -0.2) is 23.5 Å². The summed E-state index contributed by atoms with van der Waals surface area (Å²) in [7, 11) is 0. The zero-order valence-corrected chi connectivity index (χ0v) is 13.5. The Balaban J connectivity index is 2.45. The van der Waals surface area contributed by atoms with Crippen molar-refractivity contribution in [1.29, 1.82) is 0 Å². The lowest BCUT2D eigenvalue weighted by Gasteiger charge is -2.14. The topological polar surface area (TPSA) is 66.4 Å². The molecular weight excluding hydrogens is 341 g/mol. The first-order valence-electron chi connectivity index (χ1n) is 6.89. The number of amides is 1. The van der Waals surface area contributed by atoms with Crippen LogP contribution in [0.1, 0.15) is 43.0 Å². The summed E-state index contributed by atoms with van der Waals surface area (Å²) >= 11 is 3.20. The van der Waals surface area contributed by atoms with E-state index in [0.29, 0.717) is 23.9 Å². The van der Waals surface area contributed by atoms with Gasteiger partial charge in [-0.25, -0.2) is 4.39 Å². The van der Waals surface area contributed by atoms with Crippen LogP contribution in [-0.2, 0) is 4.79 Å². The van der Waals surface area contributed by atoms with Crippen molar-refractivity contribution < 1.29 is 19.1 Å². The quantitative estimate of drug-likeness (QED) is 0.745. The lowest BCUT2D eigenvalue weighted by Crippen LogP contribution is -2.27. The number of nitrogens with one attached hydrogen (secondary N) is 1. The predicted octanol–water partition coefficient (Wildman–Crippen LogP) is 3.60. The number of carbonyl (C=O) groups is 2. The summed E-state index contributed by atoms with van der Waals surface area (Å²) in [5, 5.41) is 11.3. The monoisotopic (exact) mass is 359 g/mol. The number of hydrogen-bond acceptors (Lipinski definition) is 2. The molecule has 4 nitrogen and oxygen atoms in total. The highest BCUT2D eigenvalue weighted by atomic mass is 79.9. The Labute approximate surface area is 131 Å². The Morgan fingerprint density at radius 3 is 2.71 bits per heavy atom. The molecule has 0 heterocycles. The van der Waals surface area contributed by atoms with E-state index in [1.54, 1.807) is 0 Å². The van der Waals surface area contributed by atoms with E-state index < -0.39 is 17.7 Å². The molecular formula is C15H19BrFNO3. The third kappa shape index (κ3) is 6.25. The van der Waals surface area contributed by atoms with E-state index in [4.69, 9.17) is 5.11 Å². The van der Waals surface area contributed by atoms with Gasteiger partial charge in [-0.15, -0.1) is 0 Å². The van der Waals surface area contributed by atoms with Crippen LogP contribution in [0.5, 0.6) is 0 Å². The second kappa shape index (κ2) is 8.77. The first-order valence-corrected chi connectivity index (χ1v) is 7.68. The lowest BCUT2D eigenvalue weighted by molar-refractivity contribution is -0.137. The van der Waals surface area contributed by atoms with Crippen LogP contribution in [0.25, 0.3) is 0 Å². The molecule has 1 unspecified atom stereocenters. The van der Waals surface area contributed by atoms with Gasteiger partial charge in [0, 0.05) is 17.4 Å². The molecule has 1 amide bonds. The highest BCUT2D eigenvalue weighted by Crippen LogP contribution is 2.17. The third-order valence-corrected chi connectivity index (χ3v) is 3.85. The molecule has 1 aromatic carbocycles. The van der Waals surface area contributed by atoms with E-state index in [2.05, 4.69) is 21.2 Å². The Hall–Kier alpha value is -1.43. The summed E-state index contributed by atoms with van der Waals surface area (Å²) in [6.07, 6.45) is 2.26. The SMILES string of the molecule is CCC(CCNC(=O)c1cc(Br)ccc1F)CCC(=O)O. The second-order valence-electron chi connectivity index (χ2n) is 4.88. The van der Waals surface area contributed by atoms with E-state index in [0.717, 1.165) is 6.42 Å². The number of rotatable bonds is 8. The zero-order valence-electron chi connectivity index (χ0n) is 11.9. The summed E-state index contributed by atoms with van der Waals surface area (Å²) in [4.78, 5) is 22.4. The van der Waals surface area contributed by atoms with Crippen molar-refractivity contribution in [2.24, 2.45) is 5.92 Å². The van der Waals surface area contributed by atoms with Gasteiger partial charge in [-0.2, -0.15) is 0 Å². The fourth-order valence-corrected chi connectivity index (χ4v) is 2.40. The largest absolute Gasteiger partial charge is 0.481 e. The predicted molar refractivity (Wildman–Crippen MR) is 81.7 cm³/mol. The van der Waals surface area contributed by atoms with E-state index in [9.17, 15) is 14.0 Å². The fourth-order valence-electron chi connectivity index (χ4n) is 2.04. The highest BCUT2D eigenvalue weighted by molar-refractivity contribution is 9.10. The minimum atomic E-state index is -0.811. The van der Waals surface area contributed by atoms with Gasteiger partial charge >= 0.3 is 5.97 Å². The molecule has 21 heavy (non-hydrogen) atoms. The summed E-state index contributed by atoms with van der Waals surface area (Å²) in [5.74, 6) is -1.59. The van der Waals surface area contributed by atoms with Gasteiger partial charge < -0.3 is 10.4 Å². The molecule has 0 saturated heterocycles. The maximum absolute atomic E-state index is 13.5. The summed E-state index contributed by atoms with van der Waals surface area (Å²) in [6.45, 7) is 2.39. The molecule has 1 rings (SSSR count). The van der Waals surface area contributed by atoms with Crippen LogP contribution in [0.3, 0.4) is 0 Å². The van der Waals surface area contributed by atoms with E-state index in [-0.39, 0.29) is 17.9 Å². The van der Waals surface area contributed by atoms with Crippen LogP contribution >= 0.6 is 15.9 Å². The molecule has 0 aliphatic carbocycles. The maximum Gasteiger partial charge on any atom is 0.303 e. The number of carboxylic acids is 1. The molecule has 2 N–H and O–H groups in total. The Bertz CT molecular complexity index is 508. The second-order valence-corrected chi connectivity index (χ2v) is 5.79. The molecule has 1 aromatic rings. The fraction of sp³-hybridized carbons (Fsp3) is 0.467. The van der Waals surface area contributed by atoms with Crippen molar-refractivity contribution >= 4 is 27.8 Å². The average Bonchev–Trinajstić information content (AvgIpc) is 2.44. The van der Waals surface area contributed by atoms with Crippen molar-refractivity contribution in [3.05, 3.63) is 34.1 Å². The molecule has 0 spiro atoms. The first-order chi connectivity index (χ1) is 9.93. The van der Waals surface area contributed by atoms with Gasteiger partial charge in [-0.05, 0) is 37.0 Å². The molecule has 0 aliphatic rings. The van der Waals surface area contributed by atoms with Gasteiger partial charge in [0.2, 0.25) is 0 Å². The van der Waals surface area contributed by atoms with Gasteiger partial charge in [0.05, 0.1) is 5.56 Å². The molecule has 0 aliphatic heterocycles. The van der Waals surface area contributed by atoms with Crippen LogP contribution in [0, 0.1) is 11.7 Å². The van der Waals surface area contributed by atoms with Gasteiger partial charge in [0.25, 0.3) is 5.91 Å². The molecule has 0 fully saturated rings. The highest BCUT2D eigenvalue weighted by Gasteiger charge is 2.13. The number of halogens is 2. The number of benzene rings is 1. The summed E-state index contributed by atoms with van der Waals surface area (Å²) in [6, 6.07) is 4.21. The van der Waals surface area contributed by atoms with Gasteiger partial charge in [0.1, 0.15) is 5.82 Å². The first kappa shape index (κ1) is 17.6. The number of carboxylic acid groups (broad SMARTS) is 1. The Kier molecular flexibility index (Phi) is 7.36. The number of aliphatic carboxylic acids is 1. The summed E-state index contributed by atoms with van der Waals surface area (Å²) < 4.78 is 14.2. The van der Waals surface area contributed by atoms with Crippen molar-refractivity contribution in [3.8, 4) is 0 Å². The molecule has 0 radical (unpaired) electrons. The Morgan fingerprint density at radius 2 is 2.10 bits per heavy atom. The molecule has 0 aromatic heterocycles. The average molecular weight is 360 g/mol. The van der Waals surface area contributed by atoms with Crippen molar-refractivity contribution in [2.75, 3.05) is 6.54 Å². The van der Waals surface area contributed by atoms with Crippen LogP contribution in [0.15, 0.2) is 22.7 Å². The van der Waals surface area contributed by atoms with Gasteiger partial charge in [-0.1, -0.05) is 29.3 Å². The number of carbonyl (C=O) groups excluding carboxylic acids is 1. The smallest absolute Gasteiger partial charge is 0.303 e. The van der Waals surface area contributed by atoms with E-state index in [1.807, 2.05) is 6.92 Å². The maximum atomic E-state index is 13.5. The van der Waals surface area contributed by atoms with Gasteiger partial charge in [0.15, 0.2) is 0 Å². The van der Waals surface area contributed by atoms with E-state index in [1.165, 1.54) is 18.2 Å². The molecule has 0 saturated carbocycles. The zero-order chi connectivity index (χ0) is 15.8. The standard InChI is InChI=1S/C15H19BrFNO3/c1-2-10(3-6-14(19)20)7-8-18-15(21)12-9-11(16)4-5-13(12)17/h4-5,9-10H,2-3,6-8H2,1H3,(H,18,21)(H,19,20). The van der Waals surface area contributed by atoms with Gasteiger partial charge in [-0.3, -0.25) is 9.59 Å². The minimum absolute atomic E-state index is 0.00274. The molecule has 6 heteroatoms. The summed E-state index contributed by atoms with van der Waals surface area (Å²) in [5.41, 5.74) is 0.00274. The lowest BCUT2D eigenvalue weighted by atomic mass is 9.96.